The molecule has 0 aromatic rings. The van der Waals surface area contributed by atoms with Crippen LogP contribution in [0.3, 0.4) is 0 Å². The quantitative estimate of drug-likeness (QED) is 0.115. The van der Waals surface area contributed by atoms with Gasteiger partial charge in [-0.2, -0.15) is 0 Å². The average Bonchev–Trinajstić information content (AvgIpc) is 2.88. The zero-order valence-electron chi connectivity index (χ0n) is 23.8. The van der Waals surface area contributed by atoms with Crippen LogP contribution in [0.15, 0.2) is 0 Å². The average molecular weight is 559 g/mol. The van der Waals surface area contributed by atoms with Crippen LogP contribution in [0, 0.1) is 0 Å². The fraction of sp³-hybridized carbons (Fsp3) is 0.778. The second-order valence-electron chi connectivity index (χ2n) is 8.70. The summed E-state index contributed by atoms with van der Waals surface area (Å²) in [6.07, 6.45) is 4.16. The van der Waals surface area contributed by atoms with Crippen molar-refractivity contribution >= 4 is 35.7 Å². The normalized spacial score (nSPS) is 12.0. The lowest BCUT2D eigenvalue weighted by molar-refractivity contribution is -0.149. The van der Waals surface area contributed by atoms with Crippen LogP contribution >= 0.6 is 0 Å². The molecular formula is C27H46N2O10. The minimum absolute atomic E-state index is 0.00287. The van der Waals surface area contributed by atoms with E-state index in [0.29, 0.717) is 12.8 Å². The van der Waals surface area contributed by atoms with Gasteiger partial charge in [0, 0.05) is 25.7 Å². The molecule has 2 amide bonds. The van der Waals surface area contributed by atoms with Gasteiger partial charge in [0.15, 0.2) is 0 Å². The van der Waals surface area contributed by atoms with Gasteiger partial charge in [0.2, 0.25) is 11.8 Å². The highest BCUT2D eigenvalue weighted by molar-refractivity contribution is 5.85. The standard InChI is InChI=1S/C27H46N2O10/c1-5-36-24(32)18-16-20(26(34)38-7-3)28-22(30)14-12-10-9-11-13-15-23(31)29-21(27(35)39-8-4)17-19-25(33)37-6-2/h20-21H,5-19H2,1-4H3,(H,28,30)(H,29,31)/t20-,21+. The minimum atomic E-state index is -0.906. The monoisotopic (exact) mass is 558 g/mol. The van der Waals surface area contributed by atoms with Crippen LogP contribution in [0.1, 0.15) is 98.3 Å². The fourth-order valence-electron chi connectivity index (χ4n) is 3.61. The molecule has 0 aromatic heterocycles. The Morgan fingerprint density at radius 3 is 1.15 bits per heavy atom. The van der Waals surface area contributed by atoms with Gasteiger partial charge in [-0.15, -0.1) is 0 Å². The number of unbranched alkanes of at least 4 members (excludes halogenated alkanes) is 4. The van der Waals surface area contributed by atoms with E-state index in [1.54, 1.807) is 27.7 Å². The summed E-state index contributed by atoms with van der Waals surface area (Å²) >= 11 is 0. The Labute approximate surface area is 231 Å². The molecule has 224 valence electrons. The molecule has 0 aliphatic heterocycles. The number of esters is 4. The Morgan fingerprint density at radius 1 is 0.487 bits per heavy atom. The summed E-state index contributed by atoms with van der Waals surface area (Å²) in [5, 5.41) is 5.27. The maximum Gasteiger partial charge on any atom is 0.328 e. The van der Waals surface area contributed by atoms with Gasteiger partial charge < -0.3 is 29.6 Å². The van der Waals surface area contributed by atoms with Crippen molar-refractivity contribution in [2.75, 3.05) is 26.4 Å². The van der Waals surface area contributed by atoms with E-state index in [-0.39, 0.29) is 76.8 Å². The molecule has 0 spiro atoms. The summed E-state index contributed by atoms with van der Waals surface area (Å²) in [4.78, 5) is 72.0. The lowest BCUT2D eigenvalue weighted by Crippen LogP contribution is -2.42. The first-order chi connectivity index (χ1) is 18.7. The number of nitrogens with one attached hydrogen (secondary N) is 2. The summed E-state index contributed by atoms with van der Waals surface area (Å²) in [5.41, 5.74) is 0. The van der Waals surface area contributed by atoms with Crippen LogP contribution in [0.5, 0.6) is 0 Å². The molecule has 0 bridgehead atoms. The zero-order valence-corrected chi connectivity index (χ0v) is 23.8. The van der Waals surface area contributed by atoms with Crippen molar-refractivity contribution in [1.29, 1.82) is 0 Å². The van der Waals surface area contributed by atoms with Crippen molar-refractivity contribution in [2.45, 2.75) is 110 Å². The summed E-state index contributed by atoms with van der Waals surface area (Å²) < 4.78 is 19.7. The van der Waals surface area contributed by atoms with Crippen LogP contribution in [-0.4, -0.2) is 74.2 Å². The third-order valence-corrected chi connectivity index (χ3v) is 5.51. The van der Waals surface area contributed by atoms with E-state index in [1.807, 2.05) is 0 Å². The third kappa shape index (κ3) is 18.7. The van der Waals surface area contributed by atoms with E-state index < -0.39 is 36.0 Å². The van der Waals surface area contributed by atoms with Crippen molar-refractivity contribution in [2.24, 2.45) is 0 Å². The molecule has 39 heavy (non-hydrogen) atoms. The third-order valence-electron chi connectivity index (χ3n) is 5.51. The molecule has 0 rings (SSSR count). The van der Waals surface area contributed by atoms with Crippen LogP contribution in [-0.2, 0) is 47.7 Å². The van der Waals surface area contributed by atoms with Gasteiger partial charge in [0.1, 0.15) is 12.1 Å². The Morgan fingerprint density at radius 2 is 0.821 bits per heavy atom. The zero-order chi connectivity index (χ0) is 29.5. The fourth-order valence-corrected chi connectivity index (χ4v) is 3.61. The number of carbonyl (C=O) groups is 6. The molecule has 0 aliphatic carbocycles. The first kappa shape index (κ1) is 35.8. The van der Waals surface area contributed by atoms with Crippen LogP contribution in [0.4, 0.5) is 0 Å². The van der Waals surface area contributed by atoms with Crippen LogP contribution < -0.4 is 10.6 Å². The van der Waals surface area contributed by atoms with Crippen LogP contribution in [0.2, 0.25) is 0 Å². The second kappa shape index (κ2) is 22.8. The van der Waals surface area contributed by atoms with E-state index in [0.717, 1.165) is 19.3 Å². The highest BCUT2D eigenvalue weighted by atomic mass is 16.5. The van der Waals surface area contributed by atoms with Crippen LogP contribution in [0.25, 0.3) is 0 Å². The van der Waals surface area contributed by atoms with Gasteiger partial charge in [-0.1, -0.05) is 19.3 Å². The topological polar surface area (TPSA) is 163 Å². The molecule has 2 N–H and O–H groups in total. The largest absolute Gasteiger partial charge is 0.466 e. The van der Waals surface area contributed by atoms with Crippen molar-refractivity contribution in [1.82, 2.24) is 10.6 Å². The van der Waals surface area contributed by atoms with Gasteiger partial charge in [-0.05, 0) is 53.4 Å². The van der Waals surface area contributed by atoms with Gasteiger partial charge in [0.05, 0.1) is 26.4 Å². The number of amides is 2. The number of hydrogen-bond acceptors (Lipinski definition) is 10. The maximum absolute atomic E-state index is 12.3. The highest BCUT2D eigenvalue weighted by Gasteiger charge is 2.24. The van der Waals surface area contributed by atoms with Gasteiger partial charge >= 0.3 is 23.9 Å². The number of rotatable bonds is 22. The summed E-state index contributed by atoms with van der Waals surface area (Å²) in [6.45, 7) is 7.52. The first-order valence-electron chi connectivity index (χ1n) is 13.9. The van der Waals surface area contributed by atoms with E-state index in [9.17, 15) is 28.8 Å². The predicted octanol–water partition coefficient (Wildman–Crippen LogP) is 2.50. The Hall–Kier alpha value is -3.18. The lowest BCUT2D eigenvalue weighted by Gasteiger charge is -2.17. The lowest BCUT2D eigenvalue weighted by atomic mass is 10.1. The van der Waals surface area contributed by atoms with E-state index in [1.165, 1.54) is 0 Å². The van der Waals surface area contributed by atoms with E-state index in [2.05, 4.69) is 10.6 Å². The van der Waals surface area contributed by atoms with Crippen molar-refractivity contribution < 1.29 is 47.7 Å². The molecule has 0 unspecified atom stereocenters. The van der Waals surface area contributed by atoms with Gasteiger partial charge in [-0.3, -0.25) is 19.2 Å². The van der Waals surface area contributed by atoms with Crippen molar-refractivity contribution in [3.05, 3.63) is 0 Å². The Kier molecular flexibility index (Phi) is 20.9. The molecular weight excluding hydrogens is 512 g/mol. The van der Waals surface area contributed by atoms with E-state index >= 15 is 0 Å². The van der Waals surface area contributed by atoms with Gasteiger partial charge in [-0.25, -0.2) is 9.59 Å². The summed E-state index contributed by atoms with van der Waals surface area (Å²) in [5.74, 6) is -2.65. The minimum Gasteiger partial charge on any atom is -0.466 e. The molecule has 0 aromatic carbocycles. The molecule has 0 saturated heterocycles. The molecule has 2 atom stereocenters. The number of carbonyl (C=O) groups excluding carboxylic acids is 6. The second-order valence-corrected chi connectivity index (χ2v) is 8.70. The van der Waals surface area contributed by atoms with Crippen molar-refractivity contribution in [3.8, 4) is 0 Å². The Balaban J connectivity index is 4.32. The molecule has 12 heteroatoms. The number of ether oxygens (including phenoxy) is 4. The molecule has 12 nitrogen and oxygen atoms in total. The van der Waals surface area contributed by atoms with Crippen molar-refractivity contribution in [3.63, 3.8) is 0 Å². The van der Waals surface area contributed by atoms with E-state index in [4.69, 9.17) is 18.9 Å². The summed E-state index contributed by atoms with van der Waals surface area (Å²) in [6, 6.07) is -1.81. The predicted molar refractivity (Wildman–Crippen MR) is 141 cm³/mol. The number of hydrogen-bond donors (Lipinski definition) is 2. The Bertz CT molecular complexity index is 710. The highest BCUT2D eigenvalue weighted by Crippen LogP contribution is 2.10. The summed E-state index contributed by atoms with van der Waals surface area (Å²) in [7, 11) is 0. The molecule has 0 saturated carbocycles. The molecule has 0 aliphatic rings. The molecule has 0 heterocycles. The first-order valence-corrected chi connectivity index (χ1v) is 13.9. The molecule has 0 fully saturated rings. The van der Waals surface area contributed by atoms with Gasteiger partial charge in [0.25, 0.3) is 0 Å². The maximum atomic E-state index is 12.3. The molecule has 0 radical (unpaired) electrons. The smallest absolute Gasteiger partial charge is 0.328 e. The SMILES string of the molecule is CCOC(=O)CC[C@H](NC(=O)CCCCCCCC(=O)N[C@H](CCC(=O)OCC)C(=O)OCC)C(=O)OCC.